The highest BCUT2D eigenvalue weighted by molar-refractivity contribution is 7.99. The summed E-state index contributed by atoms with van der Waals surface area (Å²) in [5.74, 6) is -0.997. The number of aliphatic carboxylic acids is 1. The number of thioether (sulfide) groups is 1. The number of H-pyrrole nitrogens is 1. The number of aromatic amines is 1. The van der Waals surface area contributed by atoms with Crippen LogP contribution in [-0.4, -0.2) is 31.6 Å². The van der Waals surface area contributed by atoms with Gasteiger partial charge in [0.25, 0.3) is 0 Å². The van der Waals surface area contributed by atoms with Crippen molar-refractivity contribution in [3.63, 3.8) is 0 Å². The molecule has 0 aliphatic heterocycles. The van der Waals surface area contributed by atoms with Crippen LogP contribution in [0.5, 0.6) is 0 Å². The van der Waals surface area contributed by atoms with E-state index in [0.717, 1.165) is 24.6 Å². The first-order valence-corrected chi connectivity index (χ1v) is 5.54. The summed E-state index contributed by atoms with van der Waals surface area (Å²) >= 11 is 1.06. The number of carboxylic acid groups (broad SMARTS) is 1. The molecule has 15 heavy (non-hydrogen) atoms. The van der Waals surface area contributed by atoms with Gasteiger partial charge in [-0.2, -0.15) is 0 Å². The van der Waals surface area contributed by atoms with Crippen molar-refractivity contribution in [1.29, 1.82) is 0 Å². The monoisotopic (exact) mass is 229 g/mol. The summed E-state index contributed by atoms with van der Waals surface area (Å²) in [6.45, 7) is 1.97. The van der Waals surface area contributed by atoms with E-state index < -0.39 is 5.97 Å². The molecule has 0 spiro atoms. The summed E-state index contributed by atoms with van der Waals surface area (Å²) in [6, 6.07) is 0. The van der Waals surface area contributed by atoms with Crippen LogP contribution < -0.4 is 5.69 Å². The van der Waals surface area contributed by atoms with Crippen molar-refractivity contribution in [3.8, 4) is 0 Å². The minimum absolute atomic E-state index is 0.0830. The second kappa shape index (κ2) is 3.41. The molecule has 0 atom stereocenters. The van der Waals surface area contributed by atoms with Crippen LogP contribution in [0.3, 0.4) is 0 Å². The number of carbonyl (C=O) groups is 1. The molecule has 82 valence electrons. The summed E-state index contributed by atoms with van der Waals surface area (Å²) in [5, 5.41) is 15.2. The van der Waals surface area contributed by atoms with Gasteiger partial charge in [0.15, 0.2) is 5.16 Å². The van der Waals surface area contributed by atoms with Crippen molar-refractivity contribution in [2.24, 2.45) is 0 Å². The quantitative estimate of drug-likeness (QED) is 0.723. The van der Waals surface area contributed by atoms with Crippen LogP contribution in [0.1, 0.15) is 19.8 Å². The van der Waals surface area contributed by atoms with Crippen LogP contribution in [0, 0.1) is 0 Å². The van der Waals surface area contributed by atoms with E-state index in [1.807, 2.05) is 6.92 Å². The molecule has 0 unspecified atom stereocenters. The summed E-state index contributed by atoms with van der Waals surface area (Å²) in [5.41, 5.74) is -0.423. The third-order valence-corrected chi connectivity index (χ3v) is 3.40. The molecular weight excluding hydrogens is 218 g/mol. The van der Waals surface area contributed by atoms with Crippen molar-refractivity contribution in [1.82, 2.24) is 14.8 Å². The average Bonchev–Trinajstić information content (AvgIpc) is 2.76. The second-order valence-corrected chi connectivity index (χ2v) is 4.77. The van der Waals surface area contributed by atoms with Crippen LogP contribution in [0.4, 0.5) is 0 Å². The Kier molecular flexibility index (Phi) is 2.34. The lowest BCUT2D eigenvalue weighted by molar-refractivity contribution is -0.133. The highest BCUT2D eigenvalue weighted by Crippen LogP contribution is 2.43. The Morgan fingerprint density at radius 3 is 2.93 bits per heavy atom. The number of hydrogen-bond donors (Lipinski definition) is 2. The molecule has 1 aliphatic carbocycles. The molecular formula is C8H11N3O3S. The number of aromatic nitrogens is 3. The van der Waals surface area contributed by atoms with Gasteiger partial charge in [0.05, 0.1) is 5.75 Å². The van der Waals surface area contributed by atoms with E-state index in [9.17, 15) is 9.59 Å². The normalized spacial score (nSPS) is 17.7. The molecule has 1 saturated carbocycles. The molecule has 7 heteroatoms. The van der Waals surface area contributed by atoms with Crippen LogP contribution >= 0.6 is 11.8 Å². The van der Waals surface area contributed by atoms with Crippen molar-refractivity contribution in [2.45, 2.75) is 30.5 Å². The van der Waals surface area contributed by atoms with Gasteiger partial charge in [0.1, 0.15) is 0 Å². The Bertz CT molecular complexity index is 446. The number of rotatable bonds is 4. The Labute approximate surface area is 89.7 Å². The third kappa shape index (κ3) is 1.92. The van der Waals surface area contributed by atoms with Crippen molar-refractivity contribution < 1.29 is 9.90 Å². The van der Waals surface area contributed by atoms with Gasteiger partial charge in [-0.25, -0.2) is 9.89 Å². The molecule has 0 saturated heterocycles. The van der Waals surface area contributed by atoms with Gasteiger partial charge in [0.2, 0.25) is 0 Å². The highest BCUT2D eigenvalue weighted by Gasteiger charge is 2.42. The largest absolute Gasteiger partial charge is 0.481 e. The Balaban J connectivity index is 2.24. The van der Waals surface area contributed by atoms with E-state index >= 15 is 0 Å². The molecule has 0 radical (unpaired) electrons. The van der Waals surface area contributed by atoms with Crippen LogP contribution in [-0.2, 0) is 10.3 Å². The molecule has 2 N–H and O–H groups in total. The summed E-state index contributed by atoms with van der Waals surface area (Å²) in [6.07, 6.45) is 1.88. The van der Waals surface area contributed by atoms with Gasteiger partial charge in [-0.1, -0.05) is 11.8 Å². The summed E-state index contributed by atoms with van der Waals surface area (Å²) in [4.78, 5) is 21.9. The lowest BCUT2D eigenvalue weighted by Gasteiger charge is -2.10. The first-order chi connectivity index (χ1) is 7.03. The predicted octanol–water partition coefficient (Wildman–Crippen LogP) is 0.257. The summed E-state index contributed by atoms with van der Waals surface area (Å²) < 4.78 is 1.56. The van der Waals surface area contributed by atoms with Gasteiger partial charge in [-0.15, -0.1) is 5.10 Å². The van der Waals surface area contributed by atoms with Crippen LogP contribution in [0.25, 0.3) is 0 Å². The van der Waals surface area contributed by atoms with Crippen LogP contribution in [0.15, 0.2) is 9.95 Å². The molecule has 1 heterocycles. The lowest BCUT2D eigenvalue weighted by Crippen LogP contribution is -2.26. The third-order valence-electron chi connectivity index (χ3n) is 2.48. The van der Waals surface area contributed by atoms with Gasteiger partial charge in [0, 0.05) is 5.54 Å². The van der Waals surface area contributed by atoms with E-state index in [-0.39, 0.29) is 17.0 Å². The van der Waals surface area contributed by atoms with Crippen molar-refractivity contribution in [3.05, 3.63) is 10.5 Å². The molecule has 1 fully saturated rings. The van der Waals surface area contributed by atoms with E-state index in [1.165, 1.54) is 0 Å². The van der Waals surface area contributed by atoms with Gasteiger partial charge in [-0.05, 0) is 19.8 Å². The zero-order valence-corrected chi connectivity index (χ0v) is 9.00. The molecule has 1 aliphatic rings. The molecule has 2 rings (SSSR count). The minimum atomic E-state index is -0.914. The highest BCUT2D eigenvalue weighted by atomic mass is 32.2. The number of nitrogens with zero attached hydrogens (tertiary/aromatic N) is 2. The van der Waals surface area contributed by atoms with Crippen molar-refractivity contribution in [2.75, 3.05) is 5.75 Å². The zero-order valence-electron chi connectivity index (χ0n) is 8.19. The molecule has 1 aromatic rings. The number of hydrogen-bond acceptors (Lipinski definition) is 4. The van der Waals surface area contributed by atoms with Gasteiger partial charge < -0.3 is 5.11 Å². The predicted molar refractivity (Wildman–Crippen MR) is 54.1 cm³/mol. The fourth-order valence-corrected chi connectivity index (χ4v) is 2.18. The maximum absolute atomic E-state index is 11.5. The topological polar surface area (TPSA) is 88.0 Å². The Hall–Kier alpha value is -1.24. The molecule has 0 amide bonds. The molecule has 1 aromatic heterocycles. The smallest absolute Gasteiger partial charge is 0.344 e. The fourth-order valence-electron chi connectivity index (χ4n) is 1.39. The minimum Gasteiger partial charge on any atom is -0.481 e. The molecule has 6 nitrogen and oxygen atoms in total. The Morgan fingerprint density at radius 2 is 2.40 bits per heavy atom. The first-order valence-electron chi connectivity index (χ1n) is 4.55. The van der Waals surface area contributed by atoms with E-state index in [0.29, 0.717) is 5.16 Å². The fraction of sp³-hybridized carbons (Fsp3) is 0.625. The molecule has 0 aromatic carbocycles. The van der Waals surface area contributed by atoms with E-state index in [1.54, 1.807) is 4.57 Å². The molecule has 0 bridgehead atoms. The first kappa shape index (κ1) is 10.3. The van der Waals surface area contributed by atoms with Gasteiger partial charge in [-0.3, -0.25) is 9.36 Å². The lowest BCUT2D eigenvalue weighted by atomic mass is 10.3. The van der Waals surface area contributed by atoms with Crippen molar-refractivity contribution >= 4 is 17.7 Å². The van der Waals surface area contributed by atoms with Gasteiger partial charge >= 0.3 is 11.7 Å². The SMILES string of the molecule is CC1(n2c(SCC(=O)O)n[nH]c2=O)CC1. The maximum atomic E-state index is 11.5. The average molecular weight is 229 g/mol. The zero-order chi connectivity index (χ0) is 11.1. The van der Waals surface area contributed by atoms with E-state index in [2.05, 4.69) is 10.2 Å². The van der Waals surface area contributed by atoms with Crippen LogP contribution in [0.2, 0.25) is 0 Å². The number of nitrogens with one attached hydrogen (secondary N) is 1. The standard InChI is InChI=1S/C8H11N3O3S/c1-8(2-3-8)11-6(14)9-10-7(11)15-4-5(12)13/h2-4H2,1H3,(H,9,14)(H,12,13). The Morgan fingerprint density at radius 1 is 1.73 bits per heavy atom. The summed E-state index contributed by atoms with van der Waals surface area (Å²) in [7, 11) is 0. The second-order valence-electron chi connectivity index (χ2n) is 3.83. The maximum Gasteiger partial charge on any atom is 0.344 e. The number of carboxylic acids is 1. The van der Waals surface area contributed by atoms with E-state index in [4.69, 9.17) is 5.11 Å².